The summed E-state index contributed by atoms with van der Waals surface area (Å²) in [5.41, 5.74) is 3.28. The Morgan fingerprint density at radius 3 is 2.28 bits per heavy atom. The van der Waals surface area contributed by atoms with Gasteiger partial charge in [0.05, 0.1) is 41.0 Å². The predicted octanol–water partition coefficient (Wildman–Crippen LogP) is 5.38. The van der Waals surface area contributed by atoms with Crippen molar-refractivity contribution in [2.45, 2.75) is 20.3 Å². The van der Waals surface area contributed by atoms with E-state index < -0.39 is 0 Å². The highest BCUT2D eigenvalue weighted by molar-refractivity contribution is 6.41. The molecule has 3 aromatic rings. The highest BCUT2D eigenvalue weighted by atomic mass is 35.5. The Morgan fingerprint density at radius 1 is 1.03 bits per heavy atom. The quantitative estimate of drug-likeness (QED) is 0.423. The minimum absolute atomic E-state index is 0.305. The Morgan fingerprint density at radius 2 is 1.67 bits per heavy atom. The van der Waals surface area contributed by atoms with E-state index in [1.165, 1.54) is 20.4 Å². The predicted molar refractivity (Wildman–Crippen MR) is 143 cm³/mol. The van der Waals surface area contributed by atoms with E-state index in [4.69, 9.17) is 32.7 Å². The molecule has 1 aliphatic heterocycles. The van der Waals surface area contributed by atoms with Crippen LogP contribution in [0.3, 0.4) is 0 Å². The zero-order valence-electron chi connectivity index (χ0n) is 20.6. The molecule has 1 amide bonds. The maximum atomic E-state index is 13.3. The average molecular weight is 528 g/mol. The van der Waals surface area contributed by atoms with Crippen LogP contribution in [-0.2, 0) is 0 Å². The van der Waals surface area contributed by atoms with Gasteiger partial charge in [-0.2, -0.15) is 0 Å². The molecule has 0 radical (unpaired) electrons. The standard InChI is InChI=1S/C26H27Cl2N5O3/c1-5-33(6-2)14-15-7-10-20(31-15)32-26(34)17-9-8-16(24-25(17)30-12-11-29-24)21-22(27)18(35-3)13-19(36-4)23(21)28/h7-9,11-13H,5-6,10,14H2,1-4H3,(H,31,32,34). The van der Waals surface area contributed by atoms with Crippen molar-refractivity contribution in [2.24, 2.45) is 4.99 Å². The molecule has 2 aromatic carbocycles. The van der Waals surface area contributed by atoms with E-state index in [-0.39, 0.29) is 5.91 Å². The van der Waals surface area contributed by atoms with Crippen LogP contribution in [0, 0.1) is 0 Å². The van der Waals surface area contributed by atoms with Crippen LogP contribution in [0.4, 0.5) is 0 Å². The van der Waals surface area contributed by atoms with Crippen molar-refractivity contribution in [1.29, 1.82) is 0 Å². The number of nitrogens with one attached hydrogen (secondary N) is 1. The lowest BCUT2D eigenvalue weighted by molar-refractivity contribution is 0.0978. The van der Waals surface area contributed by atoms with Crippen LogP contribution >= 0.6 is 23.2 Å². The van der Waals surface area contributed by atoms with Crippen molar-refractivity contribution in [1.82, 2.24) is 20.2 Å². The summed E-state index contributed by atoms with van der Waals surface area (Å²) < 4.78 is 10.8. The van der Waals surface area contributed by atoms with Gasteiger partial charge in [0.2, 0.25) is 0 Å². The maximum absolute atomic E-state index is 13.3. The number of hydrogen-bond donors (Lipinski definition) is 1. The number of amidine groups is 1. The van der Waals surface area contributed by atoms with E-state index >= 15 is 0 Å². The van der Waals surface area contributed by atoms with Gasteiger partial charge in [0.1, 0.15) is 22.9 Å². The molecule has 188 valence electrons. The number of rotatable bonds is 8. The molecule has 8 nitrogen and oxygen atoms in total. The molecule has 1 aromatic heterocycles. The first-order valence-electron chi connectivity index (χ1n) is 11.6. The minimum Gasteiger partial charge on any atom is -0.495 e. The number of likely N-dealkylation sites (N-methyl/N-ethyl adjacent to an activating group) is 1. The van der Waals surface area contributed by atoms with Gasteiger partial charge in [0.15, 0.2) is 0 Å². The van der Waals surface area contributed by atoms with Gasteiger partial charge >= 0.3 is 0 Å². The van der Waals surface area contributed by atoms with E-state index in [2.05, 4.69) is 39.0 Å². The molecule has 36 heavy (non-hydrogen) atoms. The van der Waals surface area contributed by atoms with Gasteiger partial charge in [0.25, 0.3) is 5.91 Å². The van der Waals surface area contributed by atoms with E-state index in [0.717, 1.165) is 25.3 Å². The molecule has 10 heteroatoms. The molecule has 0 saturated heterocycles. The molecule has 0 atom stereocenters. The SMILES string of the molecule is CCN(CC)CC1=CCC(NC(=O)c2ccc(-c3c(Cl)c(OC)cc(OC)c3Cl)c3nccnc23)=N1. The zero-order chi connectivity index (χ0) is 25.8. The van der Waals surface area contributed by atoms with Crippen molar-refractivity contribution in [3.05, 3.63) is 58.0 Å². The lowest BCUT2D eigenvalue weighted by Gasteiger charge is -2.17. The number of nitrogens with zero attached hydrogens (tertiary/aromatic N) is 4. The van der Waals surface area contributed by atoms with Crippen LogP contribution in [-0.4, -0.2) is 60.5 Å². The fourth-order valence-electron chi connectivity index (χ4n) is 4.10. The number of methoxy groups -OCH3 is 2. The summed E-state index contributed by atoms with van der Waals surface area (Å²) in [6, 6.07) is 5.05. The van der Waals surface area contributed by atoms with Crippen LogP contribution in [0.1, 0.15) is 30.6 Å². The Balaban J connectivity index is 1.70. The number of aromatic nitrogens is 2. The summed E-state index contributed by atoms with van der Waals surface area (Å²) in [5.74, 6) is 1.09. The molecule has 0 fully saturated rings. The number of carbonyl (C=O) groups excluding carboxylic acids is 1. The van der Waals surface area contributed by atoms with Crippen molar-refractivity contribution < 1.29 is 14.3 Å². The third kappa shape index (κ3) is 5.02. The number of halogens is 2. The van der Waals surface area contributed by atoms with Crippen LogP contribution < -0.4 is 14.8 Å². The second-order valence-electron chi connectivity index (χ2n) is 8.07. The average Bonchev–Trinajstić information content (AvgIpc) is 3.34. The summed E-state index contributed by atoms with van der Waals surface area (Å²) >= 11 is 13.3. The van der Waals surface area contributed by atoms with Crippen LogP contribution in [0.25, 0.3) is 22.2 Å². The monoisotopic (exact) mass is 527 g/mol. The fourth-order valence-corrected chi connectivity index (χ4v) is 4.80. The number of aliphatic imine (C=N–C) groups is 1. The first-order chi connectivity index (χ1) is 17.4. The number of amides is 1. The third-order valence-corrected chi connectivity index (χ3v) is 6.81. The second kappa shape index (κ2) is 11.2. The number of ether oxygens (including phenoxy) is 2. The molecule has 2 heterocycles. The summed E-state index contributed by atoms with van der Waals surface area (Å²) in [5, 5.41) is 3.54. The summed E-state index contributed by atoms with van der Waals surface area (Å²) in [7, 11) is 3.02. The smallest absolute Gasteiger partial charge is 0.258 e. The fraction of sp³-hybridized carbons (Fsp3) is 0.308. The van der Waals surface area contributed by atoms with Crippen LogP contribution in [0.5, 0.6) is 11.5 Å². The van der Waals surface area contributed by atoms with Gasteiger partial charge in [-0.05, 0) is 19.2 Å². The van der Waals surface area contributed by atoms with Crippen molar-refractivity contribution >= 4 is 46.0 Å². The van der Waals surface area contributed by atoms with Crippen molar-refractivity contribution in [2.75, 3.05) is 33.9 Å². The summed E-state index contributed by atoms with van der Waals surface area (Å²) in [6.45, 7) is 6.86. The van der Waals surface area contributed by atoms with Gasteiger partial charge < -0.3 is 14.8 Å². The lowest BCUT2D eigenvalue weighted by Crippen LogP contribution is -2.30. The molecule has 0 unspecified atom stereocenters. The van der Waals surface area contributed by atoms with Crippen molar-refractivity contribution in [3.63, 3.8) is 0 Å². The molecular formula is C26H27Cl2N5O3. The first kappa shape index (κ1) is 25.9. The second-order valence-corrected chi connectivity index (χ2v) is 8.83. The van der Waals surface area contributed by atoms with Gasteiger partial charge in [0, 0.05) is 42.6 Å². The molecule has 1 aliphatic rings. The molecule has 0 saturated carbocycles. The van der Waals surface area contributed by atoms with E-state index in [0.29, 0.717) is 61.5 Å². The zero-order valence-corrected chi connectivity index (χ0v) is 22.1. The summed E-state index contributed by atoms with van der Waals surface area (Å²) in [6.07, 6.45) is 5.69. The topological polar surface area (TPSA) is 88.9 Å². The van der Waals surface area contributed by atoms with Gasteiger partial charge in [-0.3, -0.25) is 19.7 Å². The van der Waals surface area contributed by atoms with Gasteiger partial charge in [-0.25, -0.2) is 4.99 Å². The molecule has 0 bridgehead atoms. The Labute approximate surface area is 219 Å². The number of hydrogen-bond acceptors (Lipinski definition) is 7. The van der Waals surface area contributed by atoms with E-state index in [1.54, 1.807) is 24.4 Å². The van der Waals surface area contributed by atoms with Crippen LogP contribution in [0.15, 0.2) is 47.4 Å². The Kier molecular flexibility index (Phi) is 8.08. The number of benzene rings is 2. The van der Waals surface area contributed by atoms with Gasteiger partial charge in [-0.15, -0.1) is 0 Å². The largest absolute Gasteiger partial charge is 0.495 e. The molecule has 4 rings (SSSR count). The number of carbonyl (C=O) groups is 1. The molecule has 0 spiro atoms. The van der Waals surface area contributed by atoms with E-state index in [1.807, 2.05) is 6.08 Å². The Hall–Kier alpha value is -3.20. The molecule has 1 N–H and O–H groups in total. The third-order valence-electron chi connectivity index (χ3n) is 6.06. The normalized spacial score (nSPS) is 13.1. The van der Waals surface area contributed by atoms with E-state index in [9.17, 15) is 4.79 Å². The number of fused-ring (bicyclic) bond motifs is 1. The maximum Gasteiger partial charge on any atom is 0.258 e. The molecule has 0 aliphatic carbocycles. The first-order valence-corrected chi connectivity index (χ1v) is 12.3. The highest BCUT2D eigenvalue weighted by Crippen LogP contribution is 2.47. The summed E-state index contributed by atoms with van der Waals surface area (Å²) in [4.78, 5) is 29.1. The van der Waals surface area contributed by atoms with Crippen LogP contribution in [0.2, 0.25) is 10.0 Å². The molecular weight excluding hydrogens is 501 g/mol. The Bertz CT molecular complexity index is 1340. The highest BCUT2D eigenvalue weighted by Gasteiger charge is 2.24. The van der Waals surface area contributed by atoms with Gasteiger partial charge in [-0.1, -0.05) is 49.2 Å². The van der Waals surface area contributed by atoms with Crippen molar-refractivity contribution in [3.8, 4) is 22.6 Å². The minimum atomic E-state index is -0.316. The lowest BCUT2D eigenvalue weighted by atomic mass is 9.99.